The Morgan fingerprint density at radius 3 is 2.86 bits per heavy atom. The Balaban J connectivity index is 2.54. The van der Waals surface area contributed by atoms with E-state index in [0.29, 0.717) is 0 Å². The van der Waals surface area contributed by atoms with Crippen LogP contribution < -0.4 is 5.73 Å². The van der Waals surface area contributed by atoms with Gasteiger partial charge in [0, 0.05) is 17.7 Å². The molecule has 0 unspecified atom stereocenters. The molecule has 14 heavy (non-hydrogen) atoms. The van der Waals surface area contributed by atoms with E-state index in [4.69, 9.17) is 10.2 Å². The van der Waals surface area contributed by atoms with Crippen molar-refractivity contribution in [3.8, 4) is 11.3 Å². The minimum atomic E-state index is 0.733. The molecule has 3 heteroatoms. The topological polar surface area (TPSA) is 52.0 Å². The van der Waals surface area contributed by atoms with Crippen LogP contribution >= 0.6 is 0 Å². The first kappa shape index (κ1) is 8.81. The maximum atomic E-state index is 5.85. The first-order valence-corrected chi connectivity index (χ1v) is 4.60. The summed E-state index contributed by atoms with van der Waals surface area (Å²) in [6.45, 7) is 2.03. The van der Waals surface area contributed by atoms with E-state index in [9.17, 15) is 0 Å². The largest absolute Gasteiger partial charge is 0.448 e. The number of hydrogen-bond donors (Lipinski definition) is 1. The van der Waals surface area contributed by atoms with Crippen molar-refractivity contribution in [3.63, 3.8) is 0 Å². The molecule has 1 aromatic heterocycles. The molecule has 0 bridgehead atoms. The van der Waals surface area contributed by atoms with Crippen molar-refractivity contribution in [1.29, 1.82) is 0 Å². The second-order valence-electron chi connectivity index (χ2n) is 3.06. The van der Waals surface area contributed by atoms with Gasteiger partial charge in [-0.15, -0.1) is 0 Å². The van der Waals surface area contributed by atoms with Crippen LogP contribution in [0.15, 0.2) is 35.1 Å². The molecule has 1 heterocycles. The molecule has 0 aliphatic heterocycles. The minimum Gasteiger partial charge on any atom is -0.448 e. The molecule has 0 atom stereocenters. The SMILES string of the molecule is CCc1ocnc1-c1ccccc1N. The third-order valence-electron chi connectivity index (χ3n) is 2.18. The summed E-state index contributed by atoms with van der Waals surface area (Å²) in [5.74, 6) is 0.878. The molecule has 0 spiro atoms. The average Bonchev–Trinajstić information content (AvgIpc) is 2.66. The Morgan fingerprint density at radius 1 is 1.36 bits per heavy atom. The molecule has 0 amide bonds. The fraction of sp³-hybridized carbons (Fsp3) is 0.182. The number of aromatic nitrogens is 1. The number of nitrogens with zero attached hydrogens (tertiary/aromatic N) is 1. The molecule has 72 valence electrons. The zero-order chi connectivity index (χ0) is 9.97. The number of rotatable bonds is 2. The number of nitrogens with two attached hydrogens (primary N) is 1. The third kappa shape index (κ3) is 1.37. The predicted octanol–water partition coefficient (Wildman–Crippen LogP) is 2.49. The van der Waals surface area contributed by atoms with Crippen LogP contribution in [0.25, 0.3) is 11.3 Å². The summed E-state index contributed by atoms with van der Waals surface area (Å²) in [6, 6.07) is 7.67. The van der Waals surface area contributed by atoms with Gasteiger partial charge >= 0.3 is 0 Å². The van der Waals surface area contributed by atoms with Crippen LogP contribution in [0.1, 0.15) is 12.7 Å². The summed E-state index contributed by atoms with van der Waals surface area (Å²) < 4.78 is 5.26. The Kier molecular flexibility index (Phi) is 2.23. The second-order valence-corrected chi connectivity index (χ2v) is 3.06. The smallest absolute Gasteiger partial charge is 0.181 e. The Hall–Kier alpha value is -1.77. The van der Waals surface area contributed by atoms with Gasteiger partial charge in [-0.05, 0) is 6.07 Å². The second kappa shape index (κ2) is 3.54. The van der Waals surface area contributed by atoms with Crippen molar-refractivity contribution in [2.75, 3.05) is 5.73 Å². The van der Waals surface area contributed by atoms with Crippen molar-refractivity contribution in [3.05, 3.63) is 36.4 Å². The van der Waals surface area contributed by atoms with Gasteiger partial charge < -0.3 is 10.2 Å². The lowest BCUT2D eigenvalue weighted by Gasteiger charge is -2.02. The number of aryl methyl sites for hydroxylation is 1. The van der Waals surface area contributed by atoms with Crippen LogP contribution in [0.2, 0.25) is 0 Å². The van der Waals surface area contributed by atoms with E-state index in [-0.39, 0.29) is 0 Å². The summed E-state index contributed by atoms with van der Waals surface area (Å²) in [5, 5.41) is 0. The van der Waals surface area contributed by atoms with E-state index in [1.165, 1.54) is 6.39 Å². The molecule has 3 nitrogen and oxygen atoms in total. The standard InChI is InChI=1S/C11H12N2O/c1-2-10-11(13-7-14-10)8-5-3-4-6-9(8)12/h3-7H,2,12H2,1H3. The maximum absolute atomic E-state index is 5.85. The van der Waals surface area contributed by atoms with Gasteiger partial charge in [-0.1, -0.05) is 25.1 Å². The highest BCUT2D eigenvalue weighted by molar-refractivity contribution is 5.74. The van der Waals surface area contributed by atoms with E-state index in [2.05, 4.69) is 4.98 Å². The summed E-state index contributed by atoms with van der Waals surface area (Å²) >= 11 is 0. The molecular weight excluding hydrogens is 176 g/mol. The average molecular weight is 188 g/mol. The van der Waals surface area contributed by atoms with Crippen LogP contribution in [0.4, 0.5) is 5.69 Å². The van der Waals surface area contributed by atoms with Crippen LogP contribution in [0.3, 0.4) is 0 Å². The van der Waals surface area contributed by atoms with Gasteiger partial charge in [0.1, 0.15) is 11.5 Å². The van der Waals surface area contributed by atoms with Crippen LogP contribution in [-0.4, -0.2) is 4.98 Å². The molecule has 0 aliphatic carbocycles. The van der Waals surface area contributed by atoms with Crippen LogP contribution in [0.5, 0.6) is 0 Å². The van der Waals surface area contributed by atoms with E-state index >= 15 is 0 Å². The summed E-state index contributed by atoms with van der Waals surface area (Å²) in [7, 11) is 0. The molecule has 0 fully saturated rings. The number of hydrogen-bond acceptors (Lipinski definition) is 3. The molecule has 2 rings (SSSR count). The Morgan fingerprint density at radius 2 is 2.14 bits per heavy atom. The van der Waals surface area contributed by atoms with E-state index < -0.39 is 0 Å². The monoisotopic (exact) mass is 188 g/mol. The zero-order valence-corrected chi connectivity index (χ0v) is 8.03. The summed E-state index contributed by atoms with van der Waals surface area (Å²) in [4.78, 5) is 4.17. The number of nitrogen functional groups attached to an aromatic ring is 1. The molecule has 0 radical (unpaired) electrons. The summed E-state index contributed by atoms with van der Waals surface area (Å²) in [6.07, 6.45) is 2.28. The van der Waals surface area contributed by atoms with Crippen molar-refractivity contribution in [1.82, 2.24) is 4.98 Å². The Labute approximate surface area is 82.6 Å². The molecule has 0 saturated heterocycles. The van der Waals surface area contributed by atoms with E-state index in [1.807, 2.05) is 31.2 Å². The number of anilines is 1. The van der Waals surface area contributed by atoms with Gasteiger partial charge in [-0.2, -0.15) is 0 Å². The molecule has 0 aliphatic rings. The normalized spacial score (nSPS) is 10.4. The van der Waals surface area contributed by atoms with Gasteiger partial charge in [-0.3, -0.25) is 0 Å². The minimum absolute atomic E-state index is 0.733. The molecule has 0 saturated carbocycles. The van der Waals surface area contributed by atoms with Crippen LogP contribution in [0, 0.1) is 0 Å². The zero-order valence-electron chi connectivity index (χ0n) is 8.03. The lowest BCUT2D eigenvalue weighted by molar-refractivity contribution is 0.510. The molecule has 2 N–H and O–H groups in total. The maximum Gasteiger partial charge on any atom is 0.181 e. The van der Waals surface area contributed by atoms with Crippen molar-refractivity contribution in [2.24, 2.45) is 0 Å². The number of oxazole rings is 1. The van der Waals surface area contributed by atoms with Gasteiger partial charge in [0.2, 0.25) is 0 Å². The van der Waals surface area contributed by atoms with Crippen molar-refractivity contribution < 1.29 is 4.42 Å². The van der Waals surface area contributed by atoms with E-state index in [1.54, 1.807) is 0 Å². The first-order chi connectivity index (χ1) is 6.83. The van der Waals surface area contributed by atoms with Crippen LogP contribution in [-0.2, 0) is 6.42 Å². The lowest BCUT2D eigenvalue weighted by atomic mass is 10.1. The molecular formula is C11H12N2O. The van der Waals surface area contributed by atoms with Gasteiger partial charge in [0.25, 0.3) is 0 Å². The fourth-order valence-electron chi connectivity index (χ4n) is 1.45. The van der Waals surface area contributed by atoms with Gasteiger partial charge in [0.15, 0.2) is 6.39 Å². The van der Waals surface area contributed by atoms with Crippen molar-refractivity contribution >= 4 is 5.69 Å². The fourth-order valence-corrected chi connectivity index (χ4v) is 1.45. The quantitative estimate of drug-likeness (QED) is 0.736. The third-order valence-corrected chi connectivity index (χ3v) is 2.18. The highest BCUT2D eigenvalue weighted by atomic mass is 16.3. The van der Waals surface area contributed by atoms with Gasteiger partial charge in [-0.25, -0.2) is 4.98 Å². The predicted molar refractivity (Wildman–Crippen MR) is 55.7 cm³/mol. The first-order valence-electron chi connectivity index (χ1n) is 4.60. The van der Waals surface area contributed by atoms with Gasteiger partial charge in [0.05, 0.1) is 0 Å². The highest BCUT2D eigenvalue weighted by Gasteiger charge is 2.10. The molecule has 1 aromatic carbocycles. The lowest BCUT2D eigenvalue weighted by Crippen LogP contribution is -1.91. The summed E-state index contributed by atoms with van der Waals surface area (Å²) in [5.41, 5.74) is 8.38. The molecule has 2 aromatic rings. The van der Waals surface area contributed by atoms with E-state index in [0.717, 1.165) is 29.1 Å². The van der Waals surface area contributed by atoms with Crippen molar-refractivity contribution in [2.45, 2.75) is 13.3 Å². The Bertz CT molecular complexity index is 434. The number of benzene rings is 1. The number of para-hydroxylation sites is 1. The highest BCUT2D eigenvalue weighted by Crippen LogP contribution is 2.27.